The molecule has 0 spiro atoms. The Labute approximate surface area is 108 Å². The van der Waals surface area contributed by atoms with Crippen LogP contribution in [0.5, 0.6) is 0 Å². The third-order valence-electron chi connectivity index (χ3n) is 2.77. The molecule has 1 aliphatic rings. The summed E-state index contributed by atoms with van der Waals surface area (Å²) >= 11 is 1.13. The minimum atomic E-state index is -0.874. The Morgan fingerprint density at radius 2 is 2.06 bits per heavy atom. The number of carboxylic acids is 1. The molecule has 1 aromatic rings. The Morgan fingerprint density at radius 1 is 1.39 bits per heavy atom. The fourth-order valence-electron chi connectivity index (χ4n) is 1.63. The standard InChI is InChI=1S/C12H12FNO3S/c13-9-3-1-2-4-10(9)18-7-11(15)14-5-8(6-14)12(16)17/h1-4,8H,5-7H2,(H,16,17). The molecule has 18 heavy (non-hydrogen) atoms. The summed E-state index contributed by atoms with van der Waals surface area (Å²) in [5, 5.41) is 8.68. The number of rotatable bonds is 4. The molecule has 1 fully saturated rings. The minimum absolute atomic E-state index is 0.132. The molecular formula is C12H12FNO3S. The lowest BCUT2D eigenvalue weighted by atomic mass is 10.0. The zero-order valence-corrected chi connectivity index (χ0v) is 10.3. The van der Waals surface area contributed by atoms with Crippen LogP contribution in [-0.4, -0.2) is 40.7 Å². The maximum absolute atomic E-state index is 13.3. The molecule has 6 heteroatoms. The molecule has 1 saturated heterocycles. The third-order valence-corrected chi connectivity index (χ3v) is 3.80. The van der Waals surface area contributed by atoms with Gasteiger partial charge in [-0.2, -0.15) is 0 Å². The Bertz CT molecular complexity index is 474. The van der Waals surface area contributed by atoms with Crippen molar-refractivity contribution in [3.63, 3.8) is 0 Å². The molecular weight excluding hydrogens is 257 g/mol. The van der Waals surface area contributed by atoms with Crippen molar-refractivity contribution in [2.24, 2.45) is 5.92 Å². The minimum Gasteiger partial charge on any atom is -0.481 e. The third kappa shape index (κ3) is 2.81. The molecule has 1 aromatic carbocycles. The van der Waals surface area contributed by atoms with Crippen molar-refractivity contribution in [2.75, 3.05) is 18.8 Å². The van der Waals surface area contributed by atoms with Crippen molar-refractivity contribution in [1.82, 2.24) is 4.90 Å². The fourth-order valence-corrected chi connectivity index (χ4v) is 2.47. The van der Waals surface area contributed by atoms with Crippen molar-refractivity contribution < 1.29 is 19.1 Å². The van der Waals surface area contributed by atoms with E-state index in [1.807, 2.05) is 0 Å². The fraction of sp³-hybridized carbons (Fsp3) is 0.333. The monoisotopic (exact) mass is 269 g/mol. The highest BCUT2D eigenvalue weighted by Crippen LogP contribution is 2.23. The Kier molecular flexibility index (Phi) is 3.86. The number of amides is 1. The van der Waals surface area contributed by atoms with E-state index in [-0.39, 0.29) is 30.6 Å². The summed E-state index contributed by atoms with van der Waals surface area (Å²) in [6.07, 6.45) is 0. The summed E-state index contributed by atoms with van der Waals surface area (Å²) in [6.45, 7) is 0.512. The lowest BCUT2D eigenvalue weighted by Crippen LogP contribution is -2.53. The first-order valence-electron chi connectivity index (χ1n) is 5.46. The van der Waals surface area contributed by atoms with Crippen LogP contribution in [0.4, 0.5) is 4.39 Å². The summed E-state index contributed by atoms with van der Waals surface area (Å²) in [5.41, 5.74) is 0. The van der Waals surface area contributed by atoms with Gasteiger partial charge in [0.15, 0.2) is 0 Å². The number of likely N-dealkylation sites (tertiary alicyclic amines) is 1. The zero-order valence-electron chi connectivity index (χ0n) is 9.51. The van der Waals surface area contributed by atoms with E-state index in [1.165, 1.54) is 11.0 Å². The van der Waals surface area contributed by atoms with Gasteiger partial charge >= 0.3 is 5.97 Å². The predicted molar refractivity (Wildman–Crippen MR) is 64.8 cm³/mol. The van der Waals surface area contributed by atoms with E-state index >= 15 is 0 Å². The maximum Gasteiger partial charge on any atom is 0.310 e. The lowest BCUT2D eigenvalue weighted by Gasteiger charge is -2.36. The SMILES string of the molecule is O=C(O)C1CN(C(=O)CSc2ccccc2F)C1. The van der Waals surface area contributed by atoms with Gasteiger partial charge in [-0.1, -0.05) is 12.1 Å². The summed E-state index contributed by atoms with van der Waals surface area (Å²) in [7, 11) is 0. The Morgan fingerprint density at radius 3 is 2.67 bits per heavy atom. The normalized spacial score (nSPS) is 15.3. The molecule has 1 aliphatic heterocycles. The van der Waals surface area contributed by atoms with Crippen molar-refractivity contribution in [3.05, 3.63) is 30.1 Å². The Balaban J connectivity index is 1.80. The van der Waals surface area contributed by atoms with E-state index in [1.54, 1.807) is 18.2 Å². The number of aliphatic carboxylic acids is 1. The number of benzene rings is 1. The molecule has 1 N–H and O–H groups in total. The molecule has 0 saturated carbocycles. The Hall–Kier alpha value is -1.56. The molecule has 0 bridgehead atoms. The molecule has 96 valence electrons. The van der Waals surface area contributed by atoms with Crippen LogP contribution < -0.4 is 0 Å². The average Bonchev–Trinajstić information content (AvgIpc) is 2.25. The molecule has 0 aliphatic carbocycles. The van der Waals surface area contributed by atoms with Gasteiger partial charge in [0.2, 0.25) is 5.91 Å². The van der Waals surface area contributed by atoms with Gasteiger partial charge in [0.1, 0.15) is 5.82 Å². The summed E-state index contributed by atoms with van der Waals surface area (Å²) in [4.78, 5) is 24.2. The lowest BCUT2D eigenvalue weighted by molar-refractivity contribution is -0.151. The van der Waals surface area contributed by atoms with Crippen LogP contribution in [-0.2, 0) is 9.59 Å². The number of thioether (sulfide) groups is 1. The number of hydrogen-bond donors (Lipinski definition) is 1. The van der Waals surface area contributed by atoms with Crippen molar-refractivity contribution in [3.8, 4) is 0 Å². The molecule has 0 atom stereocenters. The largest absolute Gasteiger partial charge is 0.481 e. The average molecular weight is 269 g/mol. The summed E-state index contributed by atoms with van der Waals surface area (Å²) < 4.78 is 13.3. The zero-order chi connectivity index (χ0) is 13.1. The van der Waals surface area contributed by atoms with E-state index in [0.29, 0.717) is 4.90 Å². The van der Waals surface area contributed by atoms with Gasteiger partial charge in [-0.3, -0.25) is 9.59 Å². The van der Waals surface area contributed by atoms with Crippen LogP contribution >= 0.6 is 11.8 Å². The van der Waals surface area contributed by atoms with Gasteiger partial charge in [0.05, 0.1) is 11.7 Å². The van der Waals surface area contributed by atoms with Crippen LogP contribution in [0.25, 0.3) is 0 Å². The maximum atomic E-state index is 13.3. The molecule has 0 unspecified atom stereocenters. The van der Waals surface area contributed by atoms with E-state index < -0.39 is 11.9 Å². The highest BCUT2D eigenvalue weighted by Gasteiger charge is 2.35. The van der Waals surface area contributed by atoms with Crippen LogP contribution in [0, 0.1) is 11.7 Å². The van der Waals surface area contributed by atoms with Crippen LogP contribution in [0.2, 0.25) is 0 Å². The topological polar surface area (TPSA) is 57.6 Å². The number of halogens is 1. The van der Waals surface area contributed by atoms with E-state index in [9.17, 15) is 14.0 Å². The summed E-state index contributed by atoms with van der Waals surface area (Å²) in [6, 6.07) is 6.26. The summed E-state index contributed by atoms with van der Waals surface area (Å²) in [5.74, 6) is -1.69. The first-order chi connectivity index (χ1) is 8.58. The van der Waals surface area contributed by atoms with Crippen molar-refractivity contribution >= 4 is 23.6 Å². The van der Waals surface area contributed by atoms with Gasteiger partial charge in [0.25, 0.3) is 0 Å². The highest BCUT2D eigenvalue weighted by molar-refractivity contribution is 8.00. The van der Waals surface area contributed by atoms with E-state index in [4.69, 9.17) is 5.11 Å². The second kappa shape index (κ2) is 5.39. The molecule has 1 amide bonds. The van der Waals surface area contributed by atoms with Crippen LogP contribution in [0.15, 0.2) is 29.2 Å². The molecule has 1 heterocycles. The van der Waals surface area contributed by atoms with Gasteiger partial charge in [0, 0.05) is 18.0 Å². The number of carboxylic acid groups (broad SMARTS) is 1. The van der Waals surface area contributed by atoms with E-state index in [2.05, 4.69) is 0 Å². The van der Waals surface area contributed by atoms with E-state index in [0.717, 1.165) is 11.8 Å². The number of carbonyl (C=O) groups is 2. The molecule has 2 rings (SSSR count). The first kappa shape index (κ1) is 12.9. The number of carbonyl (C=O) groups excluding carboxylic acids is 1. The second-order valence-electron chi connectivity index (χ2n) is 4.05. The highest BCUT2D eigenvalue weighted by atomic mass is 32.2. The molecule has 0 radical (unpaired) electrons. The van der Waals surface area contributed by atoms with Gasteiger partial charge in [-0.15, -0.1) is 11.8 Å². The van der Waals surface area contributed by atoms with Crippen LogP contribution in [0.3, 0.4) is 0 Å². The molecule has 0 aromatic heterocycles. The molecule has 4 nitrogen and oxygen atoms in total. The second-order valence-corrected chi connectivity index (χ2v) is 5.07. The van der Waals surface area contributed by atoms with Crippen LogP contribution in [0.1, 0.15) is 0 Å². The van der Waals surface area contributed by atoms with Crippen molar-refractivity contribution in [1.29, 1.82) is 0 Å². The smallest absolute Gasteiger partial charge is 0.310 e. The predicted octanol–water partition coefficient (Wildman–Crippen LogP) is 1.46. The quantitative estimate of drug-likeness (QED) is 0.841. The first-order valence-corrected chi connectivity index (χ1v) is 6.44. The number of nitrogens with zero attached hydrogens (tertiary/aromatic N) is 1. The van der Waals surface area contributed by atoms with Gasteiger partial charge in [-0.25, -0.2) is 4.39 Å². The van der Waals surface area contributed by atoms with Gasteiger partial charge in [-0.05, 0) is 12.1 Å². The number of hydrogen-bond acceptors (Lipinski definition) is 3. The van der Waals surface area contributed by atoms with Crippen molar-refractivity contribution in [2.45, 2.75) is 4.90 Å². The van der Waals surface area contributed by atoms with Gasteiger partial charge < -0.3 is 10.0 Å².